The average molecular weight is 149 g/mol. The van der Waals surface area contributed by atoms with Gasteiger partial charge in [0.05, 0.1) is 7.11 Å². The Balaban J connectivity index is 3.02. The molecule has 0 fully saturated rings. The molecule has 0 atom stereocenters. The summed E-state index contributed by atoms with van der Waals surface area (Å²) in [4.78, 5) is 0. The van der Waals surface area contributed by atoms with Gasteiger partial charge in [-0.3, -0.25) is 0 Å². The van der Waals surface area contributed by atoms with Crippen molar-refractivity contribution in [3.63, 3.8) is 0 Å². The van der Waals surface area contributed by atoms with Crippen LogP contribution in [-0.4, -0.2) is 15.0 Å². The molecule has 0 unspecified atom stereocenters. The molecule has 58 valence electrons. The van der Waals surface area contributed by atoms with E-state index in [2.05, 4.69) is 0 Å². The van der Waals surface area contributed by atoms with Crippen LogP contribution in [0.15, 0.2) is 18.2 Å². The van der Waals surface area contributed by atoms with E-state index in [0.29, 0.717) is 6.54 Å². The molecule has 0 amide bonds. The van der Waals surface area contributed by atoms with Crippen molar-refractivity contribution in [1.29, 1.82) is 0 Å². The van der Waals surface area contributed by atoms with Crippen molar-refractivity contribution >= 4 is 13.3 Å². The molecule has 0 radical (unpaired) electrons. The Labute approximate surface area is 67.8 Å². The zero-order valence-corrected chi connectivity index (χ0v) is 6.92. The Morgan fingerprint density at radius 2 is 2.27 bits per heavy atom. The minimum Gasteiger partial charge on any atom is -0.497 e. The number of rotatable bonds is 2. The van der Waals surface area contributed by atoms with Gasteiger partial charge in [0.2, 0.25) is 0 Å². The van der Waals surface area contributed by atoms with Crippen LogP contribution in [0.5, 0.6) is 5.75 Å². The average Bonchev–Trinajstić information content (AvgIpc) is 2.05. The fourth-order valence-electron chi connectivity index (χ4n) is 0.995. The molecular weight excluding hydrogens is 137 g/mol. The van der Waals surface area contributed by atoms with Crippen molar-refractivity contribution in [2.24, 2.45) is 5.73 Å². The van der Waals surface area contributed by atoms with Crippen LogP contribution >= 0.6 is 0 Å². The van der Waals surface area contributed by atoms with Gasteiger partial charge in [-0.25, -0.2) is 0 Å². The summed E-state index contributed by atoms with van der Waals surface area (Å²) < 4.78 is 5.06. The molecule has 2 nitrogen and oxygen atoms in total. The molecule has 0 aliphatic heterocycles. The molecule has 0 heterocycles. The Morgan fingerprint density at radius 1 is 1.55 bits per heavy atom. The van der Waals surface area contributed by atoms with E-state index in [0.717, 1.165) is 11.3 Å². The fourth-order valence-corrected chi connectivity index (χ4v) is 0.995. The predicted molar refractivity (Wildman–Crippen MR) is 49.1 cm³/mol. The summed E-state index contributed by atoms with van der Waals surface area (Å²) in [7, 11) is 3.70. The van der Waals surface area contributed by atoms with Gasteiger partial charge in [-0.05, 0) is 17.7 Å². The maximum Gasteiger partial charge on any atom is 0.139 e. The molecule has 0 saturated heterocycles. The van der Waals surface area contributed by atoms with E-state index in [1.165, 1.54) is 5.46 Å². The van der Waals surface area contributed by atoms with Crippen LogP contribution in [0.1, 0.15) is 5.56 Å². The maximum absolute atomic E-state index is 5.52. The standard InChI is InChI=1S/C8H12BNO/c1-11-7-2-3-8(9)6(4-7)5-10/h2-4H,5,9-10H2,1H3. The van der Waals surface area contributed by atoms with Gasteiger partial charge in [-0.2, -0.15) is 0 Å². The van der Waals surface area contributed by atoms with Crippen LogP contribution in [0, 0.1) is 0 Å². The summed E-state index contributed by atoms with van der Waals surface area (Å²) in [6.45, 7) is 0.572. The van der Waals surface area contributed by atoms with Gasteiger partial charge < -0.3 is 10.5 Å². The first kappa shape index (κ1) is 8.14. The topological polar surface area (TPSA) is 35.2 Å². The highest BCUT2D eigenvalue weighted by Gasteiger charge is 1.96. The van der Waals surface area contributed by atoms with Crippen molar-refractivity contribution in [2.75, 3.05) is 7.11 Å². The molecule has 11 heavy (non-hydrogen) atoms. The van der Waals surface area contributed by atoms with E-state index in [4.69, 9.17) is 10.5 Å². The highest BCUT2D eigenvalue weighted by atomic mass is 16.5. The van der Waals surface area contributed by atoms with Gasteiger partial charge in [0.15, 0.2) is 0 Å². The summed E-state index contributed by atoms with van der Waals surface area (Å²) in [6.07, 6.45) is 0. The maximum atomic E-state index is 5.52. The molecule has 2 N–H and O–H groups in total. The van der Waals surface area contributed by atoms with Gasteiger partial charge in [-0.15, -0.1) is 0 Å². The zero-order valence-electron chi connectivity index (χ0n) is 6.92. The van der Waals surface area contributed by atoms with E-state index >= 15 is 0 Å². The quantitative estimate of drug-likeness (QED) is 0.570. The van der Waals surface area contributed by atoms with Crippen molar-refractivity contribution in [3.8, 4) is 5.75 Å². The fraction of sp³-hybridized carbons (Fsp3) is 0.250. The molecule has 0 saturated carbocycles. The molecule has 1 aromatic rings. The second kappa shape index (κ2) is 3.44. The number of hydrogen-bond donors (Lipinski definition) is 1. The summed E-state index contributed by atoms with van der Waals surface area (Å²) in [5.74, 6) is 0.871. The number of benzene rings is 1. The minimum atomic E-state index is 0.572. The summed E-state index contributed by atoms with van der Waals surface area (Å²) in [6, 6.07) is 5.92. The van der Waals surface area contributed by atoms with Crippen LogP contribution < -0.4 is 15.9 Å². The first-order valence-corrected chi connectivity index (χ1v) is 3.61. The Kier molecular flexibility index (Phi) is 2.55. The predicted octanol–water partition coefficient (Wildman–Crippen LogP) is -0.588. The highest BCUT2D eigenvalue weighted by Crippen LogP contribution is 2.09. The first-order chi connectivity index (χ1) is 5.27. The van der Waals surface area contributed by atoms with Gasteiger partial charge in [0.25, 0.3) is 0 Å². The van der Waals surface area contributed by atoms with Crippen LogP contribution in [0.2, 0.25) is 0 Å². The van der Waals surface area contributed by atoms with Crippen molar-refractivity contribution in [3.05, 3.63) is 23.8 Å². The molecule has 0 aliphatic rings. The van der Waals surface area contributed by atoms with Crippen LogP contribution in [0.25, 0.3) is 0 Å². The Morgan fingerprint density at radius 3 is 2.82 bits per heavy atom. The third kappa shape index (κ3) is 1.74. The van der Waals surface area contributed by atoms with Gasteiger partial charge in [0.1, 0.15) is 13.6 Å². The molecule has 1 aromatic carbocycles. The Hall–Kier alpha value is -0.955. The molecule has 1 rings (SSSR count). The van der Waals surface area contributed by atoms with Crippen molar-refractivity contribution in [2.45, 2.75) is 6.54 Å². The van der Waals surface area contributed by atoms with Gasteiger partial charge >= 0.3 is 0 Å². The summed E-state index contributed by atoms with van der Waals surface area (Å²) in [5.41, 5.74) is 7.88. The second-order valence-electron chi connectivity index (χ2n) is 2.50. The number of methoxy groups -OCH3 is 1. The molecular formula is C8H12BNO. The molecule has 3 heteroatoms. The third-order valence-electron chi connectivity index (χ3n) is 1.78. The van der Waals surface area contributed by atoms with Gasteiger partial charge in [0, 0.05) is 6.54 Å². The summed E-state index contributed by atoms with van der Waals surface area (Å²) in [5, 5.41) is 0. The number of hydrogen-bond acceptors (Lipinski definition) is 2. The Bertz CT molecular complexity index is 250. The molecule has 0 bridgehead atoms. The minimum absolute atomic E-state index is 0.572. The second-order valence-corrected chi connectivity index (χ2v) is 2.50. The van der Waals surface area contributed by atoms with Crippen LogP contribution in [0.3, 0.4) is 0 Å². The van der Waals surface area contributed by atoms with Crippen molar-refractivity contribution < 1.29 is 4.74 Å². The lowest BCUT2D eigenvalue weighted by Crippen LogP contribution is -2.13. The third-order valence-corrected chi connectivity index (χ3v) is 1.78. The van der Waals surface area contributed by atoms with E-state index in [1.54, 1.807) is 7.11 Å². The normalized spacial score (nSPS) is 9.64. The molecule has 0 spiro atoms. The summed E-state index contributed by atoms with van der Waals surface area (Å²) >= 11 is 0. The lowest BCUT2D eigenvalue weighted by atomic mass is 9.90. The van der Waals surface area contributed by atoms with Crippen LogP contribution in [0.4, 0.5) is 0 Å². The smallest absolute Gasteiger partial charge is 0.139 e. The molecule has 0 aliphatic carbocycles. The lowest BCUT2D eigenvalue weighted by molar-refractivity contribution is 0.414. The zero-order chi connectivity index (χ0) is 8.27. The monoisotopic (exact) mass is 149 g/mol. The van der Waals surface area contributed by atoms with Crippen LogP contribution in [-0.2, 0) is 6.54 Å². The first-order valence-electron chi connectivity index (χ1n) is 3.61. The van der Waals surface area contributed by atoms with E-state index in [1.807, 2.05) is 26.0 Å². The lowest BCUT2D eigenvalue weighted by Gasteiger charge is -2.05. The van der Waals surface area contributed by atoms with E-state index in [9.17, 15) is 0 Å². The number of nitrogens with two attached hydrogens (primary N) is 1. The van der Waals surface area contributed by atoms with E-state index < -0.39 is 0 Å². The highest BCUT2D eigenvalue weighted by molar-refractivity contribution is 6.33. The van der Waals surface area contributed by atoms with Crippen molar-refractivity contribution in [1.82, 2.24) is 0 Å². The van der Waals surface area contributed by atoms with E-state index in [-0.39, 0.29) is 0 Å². The SMILES string of the molecule is Bc1ccc(OC)cc1CN. The number of ether oxygens (including phenoxy) is 1. The largest absolute Gasteiger partial charge is 0.497 e. The van der Waals surface area contributed by atoms with Gasteiger partial charge in [-0.1, -0.05) is 11.5 Å². The molecule has 0 aromatic heterocycles.